The van der Waals surface area contributed by atoms with Gasteiger partial charge in [0.25, 0.3) is 5.56 Å². The number of fused-ring (bicyclic) bond motifs is 1. The van der Waals surface area contributed by atoms with E-state index < -0.39 is 5.97 Å². The first-order valence-corrected chi connectivity index (χ1v) is 9.12. The molecule has 0 saturated heterocycles. The van der Waals surface area contributed by atoms with Crippen LogP contribution in [0.1, 0.15) is 39.0 Å². The minimum Gasteiger partial charge on any atom is -0.455 e. The lowest BCUT2D eigenvalue weighted by molar-refractivity contribution is -0.114. The smallest absolute Gasteiger partial charge is 0.341 e. The number of nitrogens with one attached hydrogen (secondary N) is 1. The first-order valence-electron chi connectivity index (χ1n) is 8.30. The zero-order valence-electron chi connectivity index (χ0n) is 15.5. The molecule has 0 bridgehead atoms. The van der Waals surface area contributed by atoms with Gasteiger partial charge in [0.2, 0.25) is 5.91 Å². The molecule has 0 atom stereocenters. The van der Waals surface area contributed by atoms with Crippen LogP contribution in [-0.4, -0.2) is 21.3 Å². The third kappa shape index (κ3) is 3.75. The number of carbonyl (C=O) groups excluding carboxylic acids is 2. The van der Waals surface area contributed by atoms with E-state index >= 15 is 0 Å². The fourth-order valence-corrected chi connectivity index (χ4v) is 3.81. The van der Waals surface area contributed by atoms with Crippen molar-refractivity contribution >= 4 is 33.9 Å². The van der Waals surface area contributed by atoms with Gasteiger partial charge in [0.15, 0.2) is 0 Å². The van der Waals surface area contributed by atoms with Crippen LogP contribution in [0.4, 0.5) is 5.00 Å². The van der Waals surface area contributed by atoms with Crippen LogP contribution in [0.25, 0.3) is 5.65 Å². The molecule has 3 aromatic rings. The third-order valence-corrected chi connectivity index (χ3v) is 5.29. The minimum atomic E-state index is -0.563. The van der Waals surface area contributed by atoms with Gasteiger partial charge in [-0.2, -0.15) is 0 Å². The Morgan fingerprint density at radius 1 is 1.30 bits per heavy atom. The number of amides is 1. The number of anilines is 1. The summed E-state index contributed by atoms with van der Waals surface area (Å²) in [5.41, 5.74) is 2.60. The molecule has 3 rings (SSSR count). The minimum absolute atomic E-state index is 0.132. The number of carbonyl (C=O) groups is 2. The van der Waals surface area contributed by atoms with Gasteiger partial charge in [0.05, 0.1) is 11.3 Å². The van der Waals surface area contributed by atoms with Crippen molar-refractivity contribution in [2.45, 2.75) is 34.3 Å². The molecule has 7 nitrogen and oxygen atoms in total. The maximum Gasteiger partial charge on any atom is 0.341 e. The zero-order valence-corrected chi connectivity index (χ0v) is 16.3. The average Bonchev–Trinajstić information content (AvgIpc) is 2.87. The van der Waals surface area contributed by atoms with Gasteiger partial charge in [-0.1, -0.05) is 6.07 Å². The predicted octanol–water partition coefficient (Wildman–Crippen LogP) is 3.00. The van der Waals surface area contributed by atoms with Crippen LogP contribution in [0.3, 0.4) is 0 Å². The summed E-state index contributed by atoms with van der Waals surface area (Å²) in [5.74, 6) is -0.822. The highest BCUT2D eigenvalue weighted by molar-refractivity contribution is 7.16. The summed E-state index contributed by atoms with van der Waals surface area (Å²) >= 11 is 1.32. The van der Waals surface area contributed by atoms with Gasteiger partial charge in [0.1, 0.15) is 17.3 Å². The molecule has 3 aromatic heterocycles. The molecule has 0 saturated carbocycles. The van der Waals surface area contributed by atoms with E-state index in [0.29, 0.717) is 21.9 Å². The van der Waals surface area contributed by atoms with Gasteiger partial charge in [-0.25, -0.2) is 9.78 Å². The Hall–Kier alpha value is -3.00. The standard InChI is InChI=1S/C19H19N3O4S/c1-10-6-5-7-22-15(24)8-14(21-17(10)22)9-26-19(25)16-11(2)12(3)27-18(16)20-13(4)23/h5-8H,9H2,1-4H3,(H,20,23). The fraction of sp³-hybridized carbons (Fsp3) is 0.263. The Morgan fingerprint density at radius 3 is 2.74 bits per heavy atom. The van der Waals surface area contributed by atoms with E-state index in [2.05, 4.69) is 10.3 Å². The van der Waals surface area contributed by atoms with Crippen LogP contribution in [0.15, 0.2) is 29.2 Å². The number of pyridine rings is 1. The number of aryl methyl sites for hydroxylation is 2. The molecule has 1 amide bonds. The van der Waals surface area contributed by atoms with Crippen molar-refractivity contribution in [1.29, 1.82) is 0 Å². The third-order valence-electron chi connectivity index (χ3n) is 4.17. The second-order valence-electron chi connectivity index (χ2n) is 6.22. The Kier molecular flexibility index (Phi) is 5.09. The quantitative estimate of drug-likeness (QED) is 0.698. The van der Waals surface area contributed by atoms with Crippen molar-refractivity contribution in [3.8, 4) is 0 Å². The molecule has 0 aromatic carbocycles. The summed E-state index contributed by atoms with van der Waals surface area (Å²) in [4.78, 5) is 41.5. The lowest BCUT2D eigenvalue weighted by atomic mass is 10.1. The number of aromatic nitrogens is 2. The number of thiophene rings is 1. The summed E-state index contributed by atoms with van der Waals surface area (Å²) in [6, 6.07) is 4.98. The van der Waals surface area contributed by atoms with Crippen LogP contribution in [0.5, 0.6) is 0 Å². The van der Waals surface area contributed by atoms with E-state index in [9.17, 15) is 14.4 Å². The Bertz CT molecular complexity index is 1110. The van der Waals surface area contributed by atoms with E-state index in [1.165, 1.54) is 28.7 Å². The van der Waals surface area contributed by atoms with Gasteiger partial charge < -0.3 is 10.1 Å². The molecule has 140 valence electrons. The molecule has 0 aliphatic heterocycles. The molecule has 0 radical (unpaired) electrons. The molecule has 0 fully saturated rings. The molecule has 8 heteroatoms. The van der Waals surface area contributed by atoms with Crippen LogP contribution in [0.2, 0.25) is 0 Å². The first kappa shape index (κ1) is 18.8. The normalized spacial score (nSPS) is 10.8. The Balaban J connectivity index is 1.87. The van der Waals surface area contributed by atoms with Crippen molar-refractivity contribution in [3.63, 3.8) is 0 Å². The molecular weight excluding hydrogens is 366 g/mol. The predicted molar refractivity (Wildman–Crippen MR) is 103 cm³/mol. The van der Waals surface area contributed by atoms with Gasteiger partial charge in [-0.3, -0.25) is 14.0 Å². The van der Waals surface area contributed by atoms with Crippen LogP contribution < -0.4 is 10.9 Å². The monoisotopic (exact) mass is 385 g/mol. The molecular formula is C19H19N3O4S. The second-order valence-corrected chi connectivity index (χ2v) is 7.44. The van der Waals surface area contributed by atoms with Crippen LogP contribution in [0, 0.1) is 20.8 Å². The van der Waals surface area contributed by atoms with E-state index in [-0.39, 0.29) is 18.1 Å². The maximum atomic E-state index is 12.6. The van der Waals surface area contributed by atoms with Crippen LogP contribution in [-0.2, 0) is 16.1 Å². The van der Waals surface area contributed by atoms with E-state index in [0.717, 1.165) is 16.0 Å². The second kappa shape index (κ2) is 7.32. The molecule has 1 N–H and O–H groups in total. The largest absolute Gasteiger partial charge is 0.455 e. The van der Waals surface area contributed by atoms with Crippen molar-refractivity contribution in [3.05, 3.63) is 62.0 Å². The van der Waals surface area contributed by atoms with Crippen molar-refractivity contribution in [2.75, 3.05) is 5.32 Å². The van der Waals surface area contributed by atoms with Gasteiger partial charge in [0, 0.05) is 24.1 Å². The summed E-state index contributed by atoms with van der Waals surface area (Å²) in [5, 5.41) is 3.13. The summed E-state index contributed by atoms with van der Waals surface area (Å²) in [6.45, 7) is 6.78. The summed E-state index contributed by atoms with van der Waals surface area (Å²) in [6.07, 6.45) is 1.64. The van der Waals surface area contributed by atoms with Crippen LogP contribution >= 0.6 is 11.3 Å². The number of hydrogen-bond donors (Lipinski definition) is 1. The highest BCUT2D eigenvalue weighted by atomic mass is 32.1. The summed E-state index contributed by atoms with van der Waals surface area (Å²) < 4.78 is 6.83. The van der Waals surface area contributed by atoms with E-state index in [1.807, 2.05) is 19.9 Å². The highest BCUT2D eigenvalue weighted by Crippen LogP contribution is 2.33. The van der Waals surface area contributed by atoms with Crippen molar-refractivity contribution < 1.29 is 14.3 Å². The maximum absolute atomic E-state index is 12.6. The van der Waals surface area contributed by atoms with E-state index in [1.54, 1.807) is 19.2 Å². The molecule has 0 aliphatic carbocycles. The number of rotatable bonds is 4. The Morgan fingerprint density at radius 2 is 2.04 bits per heavy atom. The Labute approximate surface area is 159 Å². The van der Waals surface area contributed by atoms with E-state index in [4.69, 9.17) is 4.74 Å². The summed E-state index contributed by atoms with van der Waals surface area (Å²) in [7, 11) is 0. The number of hydrogen-bond acceptors (Lipinski definition) is 6. The molecule has 0 aliphatic rings. The van der Waals surface area contributed by atoms with Gasteiger partial charge in [-0.05, 0) is 38.0 Å². The zero-order chi connectivity index (χ0) is 19.7. The lowest BCUT2D eigenvalue weighted by Crippen LogP contribution is -2.17. The highest BCUT2D eigenvalue weighted by Gasteiger charge is 2.22. The van der Waals surface area contributed by atoms with Gasteiger partial charge in [-0.15, -0.1) is 11.3 Å². The molecule has 0 spiro atoms. The lowest BCUT2D eigenvalue weighted by Gasteiger charge is -2.09. The van der Waals surface area contributed by atoms with Crippen molar-refractivity contribution in [1.82, 2.24) is 9.38 Å². The number of esters is 1. The van der Waals surface area contributed by atoms with Crippen molar-refractivity contribution in [2.24, 2.45) is 0 Å². The average molecular weight is 385 g/mol. The first-order chi connectivity index (χ1) is 12.8. The number of nitrogens with zero attached hydrogens (tertiary/aromatic N) is 2. The topological polar surface area (TPSA) is 89.8 Å². The number of ether oxygens (including phenoxy) is 1. The van der Waals surface area contributed by atoms with Gasteiger partial charge >= 0.3 is 5.97 Å². The molecule has 0 unspecified atom stereocenters. The molecule has 27 heavy (non-hydrogen) atoms. The SMILES string of the molecule is CC(=O)Nc1sc(C)c(C)c1C(=O)OCc1cc(=O)n2cccc(C)c2n1. The molecule has 3 heterocycles. The fourth-order valence-electron chi connectivity index (χ4n) is 2.72.